The van der Waals surface area contributed by atoms with Crippen LogP contribution >= 0.6 is 0 Å². The van der Waals surface area contributed by atoms with E-state index in [1.54, 1.807) is 24.3 Å². The SMILES string of the molecule is CC(=O)Nc1cccc(C([O-])=NC2CCCCC2)c1. The molecule has 1 fully saturated rings. The van der Waals surface area contributed by atoms with Crippen molar-refractivity contribution in [3.63, 3.8) is 0 Å². The number of hydrogen-bond acceptors (Lipinski definition) is 3. The molecule has 0 spiro atoms. The molecule has 4 nitrogen and oxygen atoms in total. The third-order valence-corrected chi connectivity index (χ3v) is 3.30. The van der Waals surface area contributed by atoms with Crippen LogP contribution in [0, 0.1) is 0 Å². The van der Waals surface area contributed by atoms with Crippen LogP contribution in [0.1, 0.15) is 44.6 Å². The number of carbonyl (C=O) groups excluding carboxylic acids is 1. The van der Waals surface area contributed by atoms with Crippen molar-refractivity contribution < 1.29 is 9.90 Å². The molecule has 2 rings (SSSR count). The highest BCUT2D eigenvalue weighted by Crippen LogP contribution is 2.21. The Kier molecular flexibility index (Phi) is 4.55. The molecule has 0 heterocycles. The highest BCUT2D eigenvalue weighted by molar-refractivity contribution is 5.94. The average Bonchev–Trinajstić information content (AvgIpc) is 2.39. The van der Waals surface area contributed by atoms with Crippen LogP contribution in [0.4, 0.5) is 5.69 Å². The van der Waals surface area contributed by atoms with Crippen molar-refractivity contribution in [2.24, 2.45) is 4.99 Å². The lowest BCUT2D eigenvalue weighted by atomic mass is 9.96. The molecule has 0 saturated heterocycles. The predicted octanol–water partition coefficient (Wildman–Crippen LogP) is 2.08. The van der Waals surface area contributed by atoms with Gasteiger partial charge in [-0.05, 0) is 36.4 Å². The normalized spacial score (nSPS) is 17.2. The van der Waals surface area contributed by atoms with Crippen LogP contribution in [0.2, 0.25) is 0 Å². The van der Waals surface area contributed by atoms with E-state index in [-0.39, 0.29) is 17.8 Å². The lowest BCUT2D eigenvalue weighted by Gasteiger charge is -2.21. The summed E-state index contributed by atoms with van der Waals surface area (Å²) in [5.41, 5.74) is 1.18. The van der Waals surface area contributed by atoms with E-state index in [2.05, 4.69) is 10.3 Å². The first-order chi connectivity index (χ1) is 9.15. The summed E-state index contributed by atoms with van der Waals surface area (Å²) in [6.45, 7) is 1.45. The van der Waals surface area contributed by atoms with E-state index in [9.17, 15) is 9.90 Å². The van der Waals surface area contributed by atoms with Crippen molar-refractivity contribution in [1.82, 2.24) is 0 Å². The fraction of sp³-hybridized carbons (Fsp3) is 0.467. The van der Waals surface area contributed by atoms with Gasteiger partial charge in [0.25, 0.3) is 0 Å². The zero-order chi connectivity index (χ0) is 13.7. The Morgan fingerprint density at radius 1 is 1.32 bits per heavy atom. The van der Waals surface area contributed by atoms with E-state index in [0.717, 1.165) is 25.7 Å². The maximum atomic E-state index is 12.1. The second-order valence-corrected chi connectivity index (χ2v) is 4.99. The van der Waals surface area contributed by atoms with Crippen molar-refractivity contribution in [3.05, 3.63) is 29.8 Å². The number of benzene rings is 1. The number of rotatable bonds is 3. The quantitative estimate of drug-likeness (QED) is 0.667. The summed E-state index contributed by atoms with van der Waals surface area (Å²) in [6.07, 6.45) is 5.59. The minimum atomic E-state index is -0.181. The van der Waals surface area contributed by atoms with Crippen LogP contribution in [0.3, 0.4) is 0 Å². The minimum absolute atomic E-state index is 0.145. The first-order valence-corrected chi connectivity index (χ1v) is 6.78. The highest BCUT2D eigenvalue weighted by Gasteiger charge is 2.11. The molecule has 19 heavy (non-hydrogen) atoms. The Morgan fingerprint density at radius 3 is 2.74 bits per heavy atom. The third kappa shape index (κ3) is 4.09. The molecule has 0 radical (unpaired) electrons. The summed E-state index contributed by atoms with van der Waals surface area (Å²) in [5.74, 6) is -0.326. The molecule has 1 aliphatic carbocycles. The standard InChI is InChI=1S/C15H20N2O2/c1-11(18)16-14-9-5-6-12(10-14)15(19)17-13-7-3-2-4-8-13/h5-6,9-10,13H,2-4,7-8H2,1H3,(H,16,18)(H,17,19)/p-1. The average molecular weight is 259 g/mol. The molecule has 0 atom stereocenters. The van der Waals surface area contributed by atoms with Gasteiger partial charge in [0.1, 0.15) is 0 Å². The fourth-order valence-electron chi connectivity index (χ4n) is 2.38. The number of carbonyl (C=O) groups is 1. The van der Waals surface area contributed by atoms with E-state index in [4.69, 9.17) is 0 Å². The maximum absolute atomic E-state index is 12.1. The van der Waals surface area contributed by atoms with Crippen LogP contribution < -0.4 is 10.4 Å². The third-order valence-electron chi connectivity index (χ3n) is 3.30. The summed E-state index contributed by atoms with van der Waals surface area (Å²) in [7, 11) is 0. The molecule has 1 amide bonds. The summed E-state index contributed by atoms with van der Waals surface area (Å²) < 4.78 is 0. The minimum Gasteiger partial charge on any atom is -0.858 e. The second kappa shape index (κ2) is 6.36. The number of anilines is 1. The van der Waals surface area contributed by atoms with E-state index in [1.165, 1.54) is 13.3 Å². The largest absolute Gasteiger partial charge is 0.858 e. The molecule has 0 aliphatic heterocycles. The van der Waals surface area contributed by atoms with Crippen molar-refractivity contribution in [2.75, 3.05) is 5.32 Å². The van der Waals surface area contributed by atoms with Crippen molar-refractivity contribution in [1.29, 1.82) is 0 Å². The van der Waals surface area contributed by atoms with E-state index >= 15 is 0 Å². The van der Waals surface area contributed by atoms with Gasteiger partial charge < -0.3 is 10.4 Å². The monoisotopic (exact) mass is 259 g/mol. The van der Waals surface area contributed by atoms with Gasteiger partial charge in [-0.1, -0.05) is 31.4 Å². The first-order valence-electron chi connectivity index (χ1n) is 6.78. The second-order valence-electron chi connectivity index (χ2n) is 4.99. The summed E-state index contributed by atoms with van der Waals surface area (Å²) in [5, 5.41) is 14.7. The van der Waals surface area contributed by atoms with Crippen molar-refractivity contribution in [3.8, 4) is 0 Å². The van der Waals surface area contributed by atoms with Gasteiger partial charge in [0.15, 0.2) is 0 Å². The van der Waals surface area contributed by atoms with Crippen LogP contribution in [0.15, 0.2) is 29.3 Å². The van der Waals surface area contributed by atoms with Crippen LogP contribution in [-0.2, 0) is 4.79 Å². The Bertz CT molecular complexity index is 477. The van der Waals surface area contributed by atoms with Gasteiger partial charge in [0, 0.05) is 18.7 Å². The van der Waals surface area contributed by atoms with E-state index < -0.39 is 0 Å². The first kappa shape index (κ1) is 13.6. The highest BCUT2D eigenvalue weighted by atomic mass is 16.3. The molecule has 1 saturated carbocycles. The lowest BCUT2D eigenvalue weighted by molar-refractivity contribution is -0.213. The zero-order valence-corrected chi connectivity index (χ0v) is 11.2. The molecule has 1 aromatic carbocycles. The van der Waals surface area contributed by atoms with Gasteiger partial charge in [0.05, 0.1) is 0 Å². The topological polar surface area (TPSA) is 64.5 Å². The smallest absolute Gasteiger partial charge is 0.221 e. The van der Waals surface area contributed by atoms with Crippen LogP contribution in [0.25, 0.3) is 0 Å². The van der Waals surface area contributed by atoms with Crippen LogP contribution in [0.5, 0.6) is 0 Å². The van der Waals surface area contributed by atoms with E-state index in [0.29, 0.717) is 11.3 Å². The van der Waals surface area contributed by atoms with Crippen molar-refractivity contribution in [2.45, 2.75) is 45.1 Å². The van der Waals surface area contributed by atoms with Gasteiger partial charge in [-0.15, -0.1) is 0 Å². The van der Waals surface area contributed by atoms with E-state index in [1.807, 2.05) is 0 Å². The number of nitrogens with zero attached hydrogens (tertiary/aromatic N) is 1. The van der Waals surface area contributed by atoms with Gasteiger partial charge >= 0.3 is 0 Å². The molecule has 0 unspecified atom stereocenters. The Balaban J connectivity index is 2.11. The number of nitrogens with one attached hydrogen (secondary N) is 1. The molecular weight excluding hydrogens is 240 g/mol. The maximum Gasteiger partial charge on any atom is 0.221 e. The summed E-state index contributed by atoms with van der Waals surface area (Å²) in [4.78, 5) is 15.3. The molecule has 0 aromatic heterocycles. The van der Waals surface area contributed by atoms with Gasteiger partial charge in [-0.3, -0.25) is 9.79 Å². The Hall–Kier alpha value is -1.84. The molecule has 0 bridgehead atoms. The predicted molar refractivity (Wildman–Crippen MR) is 74.2 cm³/mol. The molecule has 4 heteroatoms. The Morgan fingerprint density at radius 2 is 2.05 bits per heavy atom. The molecular formula is C15H19N2O2-. The van der Waals surface area contributed by atoms with Crippen LogP contribution in [-0.4, -0.2) is 17.8 Å². The Labute approximate surface area is 113 Å². The number of aliphatic imine (C=N–C) groups is 1. The lowest BCUT2D eigenvalue weighted by Crippen LogP contribution is -2.23. The van der Waals surface area contributed by atoms with Gasteiger partial charge in [-0.25, -0.2) is 0 Å². The molecule has 102 valence electrons. The van der Waals surface area contributed by atoms with Gasteiger partial charge in [-0.2, -0.15) is 0 Å². The number of hydrogen-bond donors (Lipinski definition) is 1. The molecule has 1 aliphatic rings. The number of amides is 1. The van der Waals surface area contributed by atoms with Crippen molar-refractivity contribution >= 4 is 17.5 Å². The fourth-order valence-corrected chi connectivity index (χ4v) is 2.38. The summed E-state index contributed by atoms with van der Waals surface area (Å²) in [6, 6.07) is 7.11. The van der Waals surface area contributed by atoms with Gasteiger partial charge in [0.2, 0.25) is 5.91 Å². The molecule has 1 N–H and O–H groups in total. The molecule has 1 aromatic rings. The zero-order valence-electron chi connectivity index (χ0n) is 11.2. The summed E-state index contributed by atoms with van der Waals surface area (Å²) >= 11 is 0.